The third-order valence-corrected chi connectivity index (χ3v) is 0.406. The van der Waals surface area contributed by atoms with Crippen molar-refractivity contribution in [1.29, 1.82) is 0 Å². The number of hydrogen-bond donors (Lipinski definition) is 1. The number of carboxylic acids is 2. The maximum absolute atomic E-state index is 8.89. The van der Waals surface area contributed by atoms with Crippen LogP contribution < -0.4 is 10.2 Å². The van der Waals surface area contributed by atoms with Crippen LogP contribution in [0.15, 0.2) is 18.7 Å². The van der Waals surface area contributed by atoms with Crippen LogP contribution in [0.4, 0.5) is 0 Å². The summed E-state index contributed by atoms with van der Waals surface area (Å²) in [5, 5.41) is 17.8. The Morgan fingerprint density at radius 1 is 1.20 bits per heavy atom. The van der Waals surface area contributed by atoms with Crippen molar-refractivity contribution in [2.45, 2.75) is 13.8 Å². The number of hydrogen-bond acceptors (Lipinski definition) is 5. The van der Waals surface area contributed by atoms with Crippen molar-refractivity contribution < 1.29 is 25.3 Å². The van der Waals surface area contributed by atoms with Gasteiger partial charge in [-0.15, -0.1) is 0 Å². The van der Waals surface area contributed by atoms with Gasteiger partial charge in [0.15, 0.2) is 0 Å². The number of aromatic nitrogens is 2. The molecule has 0 saturated carbocycles. The summed E-state index contributed by atoms with van der Waals surface area (Å²) in [4.78, 5) is 24.2. The van der Waals surface area contributed by atoms with Gasteiger partial charge in [-0.25, -0.2) is 4.98 Å². The van der Waals surface area contributed by atoms with E-state index in [1.54, 1.807) is 18.7 Å². The van der Waals surface area contributed by atoms with Gasteiger partial charge in [-0.05, 0) is 13.8 Å². The molecule has 7 nitrogen and oxygen atoms in total. The van der Waals surface area contributed by atoms with Gasteiger partial charge in [-0.2, -0.15) is 0 Å². The number of H-pyrrole nitrogens is 1. The molecule has 3 N–H and O–H groups in total. The largest absolute Gasteiger partial charge is 2.00 e. The van der Waals surface area contributed by atoms with E-state index in [0.717, 1.165) is 13.8 Å². The molecule has 8 heteroatoms. The van der Waals surface area contributed by atoms with Gasteiger partial charge in [-0.3, -0.25) is 0 Å². The number of rotatable bonds is 0. The topological polar surface area (TPSA) is 140 Å². The first kappa shape index (κ1) is 23.9. The van der Waals surface area contributed by atoms with Gasteiger partial charge in [-0.1, -0.05) is 0 Å². The zero-order chi connectivity index (χ0) is 10.7. The molecule has 82 valence electrons. The van der Waals surface area contributed by atoms with E-state index < -0.39 is 11.9 Å². The summed E-state index contributed by atoms with van der Waals surface area (Å²) in [5.74, 6) is -2.17. The number of nitrogens with one attached hydrogen (secondary N) is 1. The molecule has 0 amide bonds. The quantitative estimate of drug-likeness (QED) is 0.476. The number of carboxylic acid groups (broad SMARTS) is 2. The third-order valence-electron chi connectivity index (χ3n) is 0.406. The van der Waals surface area contributed by atoms with Crippen LogP contribution in [-0.4, -0.2) is 65.1 Å². The molecule has 1 rings (SSSR count). The second kappa shape index (κ2) is 19.0. The summed E-state index contributed by atoms with van der Waals surface area (Å²) in [6.45, 7) is 1.94. The molecule has 0 aliphatic carbocycles. The maximum atomic E-state index is 8.89. The first-order valence-electron chi connectivity index (χ1n) is 3.24. The molecule has 0 fully saturated rings. The monoisotopic (exact) mass is 244 g/mol. The van der Waals surface area contributed by atoms with Gasteiger partial charge < -0.3 is 30.3 Å². The van der Waals surface area contributed by atoms with Crippen molar-refractivity contribution in [3.05, 3.63) is 18.7 Å². The molecular weight excluding hydrogens is 232 g/mol. The Kier molecular flexibility index (Phi) is 30.3. The predicted octanol–water partition coefficient (Wildman–Crippen LogP) is -3.28. The summed E-state index contributed by atoms with van der Waals surface area (Å²) in [6.07, 6.45) is 5.08. The van der Waals surface area contributed by atoms with Gasteiger partial charge >= 0.3 is 37.7 Å². The molecule has 0 atom stereocenters. The molecule has 0 aliphatic heterocycles. The summed E-state index contributed by atoms with van der Waals surface area (Å²) < 4.78 is 0. The average Bonchev–Trinajstić information content (AvgIpc) is 2.35. The number of nitrogens with zero attached hydrogens (tertiary/aromatic N) is 1. The van der Waals surface area contributed by atoms with Crippen LogP contribution in [0, 0.1) is 0 Å². The van der Waals surface area contributed by atoms with E-state index in [9.17, 15) is 0 Å². The van der Waals surface area contributed by atoms with Crippen LogP contribution in [-0.2, 0) is 9.59 Å². The van der Waals surface area contributed by atoms with Gasteiger partial charge in [0.25, 0.3) is 0 Å². The van der Waals surface area contributed by atoms with E-state index in [1.807, 2.05) is 0 Å². The fraction of sp³-hybridized carbons (Fsp3) is 0.286. The van der Waals surface area contributed by atoms with Crippen molar-refractivity contribution in [3.8, 4) is 0 Å². The van der Waals surface area contributed by atoms with E-state index in [2.05, 4.69) is 9.97 Å². The van der Waals surface area contributed by atoms with Crippen LogP contribution in [0.1, 0.15) is 13.8 Å². The fourth-order valence-electron chi connectivity index (χ4n) is 0.215. The molecule has 0 aromatic carbocycles. The standard InChI is InChI=1S/C3H4N2.2C2H4O2.Ca.H2O/c1-2-5-3-4-1;2*1-2(3)4;;/h1-3H,(H,4,5);2*1H3,(H,3,4);;1H2/q;;;+2;/p-2. The second-order valence-electron chi connectivity index (χ2n) is 1.74. The number of aromatic amines is 1. The molecular formula is C7H12CaN2O5. The molecule has 1 heterocycles. The van der Waals surface area contributed by atoms with Crippen LogP contribution in [0.5, 0.6) is 0 Å². The Balaban J connectivity index is -0.0000000575. The summed E-state index contributed by atoms with van der Waals surface area (Å²) in [7, 11) is 0. The molecule has 0 radical (unpaired) electrons. The van der Waals surface area contributed by atoms with Crippen LogP contribution in [0.25, 0.3) is 0 Å². The smallest absolute Gasteiger partial charge is 0.550 e. The van der Waals surface area contributed by atoms with E-state index in [1.165, 1.54) is 0 Å². The second-order valence-corrected chi connectivity index (χ2v) is 1.74. The third kappa shape index (κ3) is 90.5. The first-order chi connectivity index (χ1) is 5.96. The van der Waals surface area contributed by atoms with E-state index in [-0.39, 0.29) is 43.2 Å². The number of imidazole rings is 1. The van der Waals surface area contributed by atoms with Gasteiger partial charge in [0, 0.05) is 24.3 Å². The Morgan fingerprint density at radius 2 is 1.53 bits per heavy atom. The van der Waals surface area contributed by atoms with Crippen molar-refractivity contribution in [2.24, 2.45) is 0 Å². The van der Waals surface area contributed by atoms with Gasteiger partial charge in [0.2, 0.25) is 0 Å². The van der Waals surface area contributed by atoms with Crippen molar-refractivity contribution in [2.75, 3.05) is 0 Å². The van der Waals surface area contributed by atoms with Crippen LogP contribution >= 0.6 is 0 Å². The van der Waals surface area contributed by atoms with E-state index >= 15 is 0 Å². The Hall–Kier alpha value is -0.630. The average molecular weight is 244 g/mol. The Morgan fingerprint density at radius 3 is 1.60 bits per heavy atom. The van der Waals surface area contributed by atoms with E-state index in [4.69, 9.17) is 19.8 Å². The predicted molar refractivity (Wildman–Crippen MR) is 49.3 cm³/mol. The molecule has 1 aromatic heterocycles. The van der Waals surface area contributed by atoms with Gasteiger partial charge in [0.05, 0.1) is 6.33 Å². The number of carbonyl (C=O) groups is 2. The molecule has 0 spiro atoms. The molecule has 0 unspecified atom stereocenters. The van der Waals surface area contributed by atoms with Crippen molar-refractivity contribution in [1.82, 2.24) is 9.97 Å². The SMILES string of the molecule is CC(=O)[O-].CC(=O)[O-].O.[Ca+2].c1c[nH]cn1. The van der Waals surface area contributed by atoms with Crippen molar-refractivity contribution >= 4 is 49.7 Å². The fourth-order valence-corrected chi connectivity index (χ4v) is 0.215. The number of carbonyl (C=O) groups excluding carboxylic acids is 2. The molecule has 0 saturated heterocycles. The molecule has 1 aromatic rings. The minimum absolute atomic E-state index is 0. The Bertz CT molecular complexity index is 190. The van der Waals surface area contributed by atoms with Crippen LogP contribution in [0.2, 0.25) is 0 Å². The first-order valence-corrected chi connectivity index (χ1v) is 3.24. The Labute approximate surface area is 117 Å². The molecule has 0 aliphatic rings. The van der Waals surface area contributed by atoms with E-state index in [0.29, 0.717) is 0 Å². The summed E-state index contributed by atoms with van der Waals surface area (Å²) in [6, 6.07) is 0. The minimum atomic E-state index is -1.08. The minimum Gasteiger partial charge on any atom is -0.550 e. The summed E-state index contributed by atoms with van der Waals surface area (Å²) in [5.41, 5.74) is 0. The van der Waals surface area contributed by atoms with Crippen LogP contribution in [0.3, 0.4) is 0 Å². The maximum Gasteiger partial charge on any atom is 2.00 e. The van der Waals surface area contributed by atoms with Crippen molar-refractivity contribution in [3.63, 3.8) is 0 Å². The zero-order valence-corrected chi connectivity index (χ0v) is 10.7. The van der Waals surface area contributed by atoms with Gasteiger partial charge in [0.1, 0.15) is 0 Å². The number of aliphatic carboxylic acids is 2. The summed E-state index contributed by atoms with van der Waals surface area (Å²) >= 11 is 0. The normalized spacial score (nSPS) is 6.00. The molecule has 0 bridgehead atoms. The molecule has 15 heavy (non-hydrogen) atoms. The zero-order valence-electron chi connectivity index (χ0n) is 8.52.